The van der Waals surface area contributed by atoms with Crippen LogP contribution in [-0.2, 0) is 6.54 Å². The first-order chi connectivity index (χ1) is 11.2. The first-order valence-corrected chi connectivity index (χ1v) is 7.27. The lowest BCUT2D eigenvalue weighted by Gasteiger charge is -2.06. The molecule has 118 valence electrons. The molecule has 0 bridgehead atoms. The summed E-state index contributed by atoms with van der Waals surface area (Å²) in [6.45, 7) is 0.464. The first-order valence-electron chi connectivity index (χ1n) is 7.27. The highest BCUT2D eigenvalue weighted by atomic mass is 16.5. The van der Waals surface area contributed by atoms with Crippen molar-refractivity contribution in [1.29, 1.82) is 0 Å². The molecule has 0 spiro atoms. The van der Waals surface area contributed by atoms with E-state index in [0.29, 0.717) is 12.1 Å². The number of rotatable bonds is 5. The summed E-state index contributed by atoms with van der Waals surface area (Å²) in [5.74, 6) is 1.44. The Balaban J connectivity index is 1.72. The van der Waals surface area contributed by atoms with Gasteiger partial charge in [0, 0.05) is 29.7 Å². The average molecular weight is 310 g/mol. The fraction of sp³-hybridized carbons (Fsp3) is 0.167. The number of benzene rings is 2. The van der Waals surface area contributed by atoms with Crippen LogP contribution in [-0.4, -0.2) is 25.1 Å². The van der Waals surface area contributed by atoms with E-state index in [-0.39, 0.29) is 5.91 Å². The maximum Gasteiger partial charge on any atom is 0.253 e. The van der Waals surface area contributed by atoms with Gasteiger partial charge in [-0.25, -0.2) is 0 Å². The van der Waals surface area contributed by atoms with Crippen LogP contribution in [0.4, 0.5) is 0 Å². The standard InChI is InChI=1S/C18H18N2O3/c1-22-13-5-3-12(4-6-13)10-20-18(21)16-11-19-17-9-14(23-2)7-8-15(16)17/h3-9,11,19H,10H2,1-2H3,(H,20,21). The predicted octanol–water partition coefficient (Wildman–Crippen LogP) is 3.12. The van der Waals surface area contributed by atoms with E-state index in [9.17, 15) is 4.79 Å². The van der Waals surface area contributed by atoms with Crippen molar-refractivity contribution < 1.29 is 14.3 Å². The molecule has 23 heavy (non-hydrogen) atoms. The monoisotopic (exact) mass is 310 g/mol. The molecule has 1 aromatic heterocycles. The molecular weight excluding hydrogens is 292 g/mol. The molecule has 3 rings (SSSR count). The molecule has 5 heteroatoms. The van der Waals surface area contributed by atoms with Gasteiger partial charge in [0.15, 0.2) is 0 Å². The maximum absolute atomic E-state index is 12.4. The second-order valence-electron chi connectivity index (χ2n) is 5.14. The van der Waals surface area contributed by atoms with Gasteiger partial charge in [0.1, 0.15) is 11.5 Å². The lowest BCUT2D eigenvalue weighted by Crippen LogP contribution is -2.22. The Morgan fingerprint density at radius 1 is 1.04 bits per heavy atom. The van der Waals surface area contributed by atoms with Gasteiger partial charge in [-0.1, -0.05) is 12.1 Å². The van der Waals surface area contributed by atoms with Crippen LogP contribution < -0.4 is 14.8 Å². The van der Waals surface area contributed by atoms with Crippen LogP contribution in [0.15, 0.2) is 48.7 Å². The molecule has 5 nitrogen and oxygen atoms in total. The number of nitrogens with one attached hydrogen (secondary N) is 2. The largest absolute Gasteiger partial charge is 0.497 e. The second kappa shape index (κ2) is 6.44. The third-order valence-electron chi connectivity index (χ3n) is 3.75. The Kier molecular flexibility index (Phi) is 4.19. The molecule has 0 aliphatic rings. The van der Waals surface area contributed by atoms with E-state index in [1.807, 2.05) is 42.5 Å². The minimum atomic E-state index is -0.114. The SMILES string of the molecule is COc1ccc(CNC(=O)c2c[nH]c3cc(OC)ccc23)cc1. The molecule has 2 aromatic carbocycles. The summed E-state index contributed by atoms with van der Waals surface area (Å²) in [6, 6.07) is 13.2. The normalized spacial score (nSPS) is 10.5. The molecule has 0 fully saturated rings. The number of hydrogen-bond donors (Lipinski definition) is 2. The number of hydrogen-bond acceptors (Lipinski definition) is 3. The number of amides is 1. The smallest absolute Gasteiger partial charge is 0.253 e. The number of methoxy groups -OCH3 is 2. The van der Waals surface area contributed by atoms with Crippen LogP contribution in [0.1, 0.15) is 15.9 Å². The maximum atomic E-state index is 12.4. The van der Waals surface area contributed by atoms with Crippen molar-refractivity contribution in [2.75, 3.05) is 14.2 Å². The van der Waals surface area contributed by atoms with Gasteiger partial charge in [0.2, 0.25) is 0 Å². The van der Waals surface area contributed by atoms with Gasteiger partial charge in [0.05, 0.1) is 19.8 Å². The second-order valence-corrected chi connectivity index (χ2v) is 5.14. The average Bonchev–Trinajstić information content (AvgIpc) is 3.03. The molecule has 0 radical (unpaired) electrons. The van der Waals surface area contributed by atoms with Gasteiger partial charge in [-0.3, -0.25) is 4.79 Å². The highest BCUT2D eigenvalue weighted by molar-refractivity contribution is 6.06. The number of fused-ring (bicyclic) bond motifs is 1. The Morgan fingerprint density at radius 3 is 2.43 bits per heavy atom. The van der Waals surface area contributed by atoms with Gasteiger partial charge >= 0.3 is 0 Å². The van der Waals surface area contributed by atoms with Crippen molar-refractivity contribution in [3.05, 3.63) is 59.8 Å². The lowest BCUT2D eigenvalue weighted by molar-refractivity contribution is 0.0952. The van der Waals surface area contributed by atoms with Gasteiger partial charge in [0.25, 0.3) is 5.91 Å². The van der Waals surface area contributed by atoms with Crippen molar-refractivity contribution in [1.82, 2.24) is 10.3 Å². The number of aromatic nitrogens is 1. The summed E-state index contributed by atoms with van der Waals surface area (Å²) < 4.78 is 10.3. The zero-order valence-electron chi connectivity index (χ0n) is 13.1. The Bertz CT molecular complexity index is 822. The number of aromatic amines is 1. The first kappa shape index (κ1) is 15.0. The van der Waals surface area contributed by atoms with Crippen LogP contribution in [0.25, 0.3) is 10.9 Å². The molecule has 1 amide bonds. The third-order valence-corrected chi connectivity index (χ3v) is 3.75. The molecule has 3 aromatic rings. The third kappa shape index (κ3) is 3.13. The van der Waals surface area contributed by atoms with E-state index in [4.69, 9.17) is 9.47 Å². The van der Waals surface area contributed by atoms with E-state index in [2.05, 4.69) is 10.3 Å². The van der Waals surface area contributed by atoms with Crippen LogP contribution in [0.5, 0.6) is 11.5 Å². The van der Waals surface area contributed by atoms with Gasteiger partial charge in [-0.2, -0.15) is 0 Å². The van der Waals surface area contributed by atoms with E-state index >= 15 is 0 Å². The quantitative estimate of drug-likeness (QED) is 0.761. The Hall–Kier alpha value is -2.95. The number of H-pyrrole nitrogens is 1. The van der Waals surface area contributed by atoms with Crippen LogP contribution in [0.3, 0.4) is 0 Å². The fourth-order valence-electron chi connectivity index (χ4n) is 2.44. The lowest BCUT2D eigenvalue weighted by atomic mass is 10.1. The molecular formula is C18H18N2O3. The summed E-state index contributed by atoms with van der Waals surface area (Å²) in [5, 5.41) is 3.80. The van der Waals surface area contributed by atoms with Crippen molar-refractivity contribution in [2.45, 2.75) is 6.54 Å². The Labute approximate surface area is 134 Å². The molecule has 0 atom stereocenters. The van der Waals surface area contributed by atoms with Gasteiger partial charge < -0.3 is 19.8 Å². The van der Waals surface area contributed by atoms with Gasteiger partial charge in [-0.15, -0.1) is 0 Å². The highest BCUT2D eigenvalue weighted by Crippen LogP contribution is 2.23. The van der Waals surface area contributed by atoms with E-state index in [0.717, 1.165) is 28.0 Å². The summed E-state index contributed by atoms with van der Waals surface area (Å²) >= 11 is 0. The van der Waals surface area contributed by atoms with Crippen LogP contribution in [0, 0.1) is 0 Å². The zero-order chi connectivity index (χ0) is 16.2. The van der Waals surface area contributed by atoms with Crippen molar-refractivity contribution >= 4 is 16.8 Å². The molecule has 0 saturated heterocycles. The van der Waals surface area contributed by atoms with E-state index < -0.39 is 0 Å². The fourth-order valence-corrected chi connectivity index (χ4v) is 2.44. The summed E-state index contributed by atoms with van der Waals surface area (Å²) in [7, 11) is 3.25. The molecule has 0 aliphatic carbocycles. The molecule has 1 heterocycles. The van der Waals surface area contributed by atoms with Gasteiger partial charge in [-0.05, 0) is 29.8 Å². The molecule has 0 saturated carbocycles. The predicted molar refractivity (Wildman–Crippen MR) is 89.0 cm³/mol. The highest BCUT2D eigenvalue weighted by Gasteiger charge is 2.12. The molecule has 0 unspecified atom stereocenters. The van der Waals surface area contributed by atoms with E-state index in [1.165, 1.54) is 0 Å². The topological polar surface area (TPSA) is 63.3 Å². The van der Waals surface area contributed by atoms with E-state index in [1.54, 1.807) is 20.4 Å². The van der Waals surface area contributed by atoms with Crippen molar-refractivity contribution in [3.8, 4) is 11.5 Å². The summed E-state index contributed by atoms with van der Waals surface area (Å²) in [5.41, 5.74) is 2.51. The Morgan fingerprint density at radius 2 is 1.74 bits per heavy atom. The minimum absolute atomic E-state index is 0.114. The van der Waals surface area contributed by atoms with Crippen LogP contribution >= 0.6 is 0 Å². The van der Waals surface area contributed by atoms with Crippen molar-refractivity contribution in [2.24, 2.45) is 0 Å². The van der Waals surface area contributed by atoms with Crippen molar-refractivity contribution in [3.63, 3.8) is 0 Å². The number of carbonyl (C=O) groups excluding carboxylic acids is 1. The molecule has 0 aliphatic heterocycles. The summed E-state index contributed by atoms with van der Waals surface area (Å²) in [4.78, 5) is 15.5. The zero-order valence-corrected chi connectivity index (χ0v) is 13.1. The minimum Gasteiger partial charge on any atom is -0.497 e. The summed E-state index contributed by atoms with van der Waals surface area (Å²) in [6.07, 6.45) is 1.72. The van der Waals surface area contributed by atoms with Crippen LogP contribution in [0.2, 0.25) is 0 Å². The molecule has 2 N–H and O–H groups in total. The number of carbonyl (C=O) groups is 1. The number of ether oxygens (including phenoxy) is 2.